The summed E-state index contributed by atoms with van der Waals surface area (Å²) in [6.45, 7) is 6.42. The lowest BCUT2D eigenvalue weighted by Gasteiger charge is -2.24. The first kappa shape index (κ1) is 8.97. The molecule has 0 amide bonds. The normalized spacial score (nSPS) is 11.2. The summed E-state index contributed by atoms with van der Waals surface area (Å²) in [7, 11) is 0. The van der Waals surface area contributed by atoms with E-state index in [0.29, 0.717) is 0 Å². The summed E-state index contributed by atoms with van der Waals surface area (Å²) < 4.78 is 0. The van der Waals surface area contributed by atoms with E-state index in [1.54, 1.807) is 18.6 Å². The molecule has 0 unspecified atom stereocenters. The Kier molecular flexibility index (Phi) is 2.63. The minimum atomic E-state index is 0.0933. The van der Waals surface area contributed by atoms with Gasteiger partial charge >= 0.3 is 0 Å². The topological polar surface area (TPSA) is 37.8 Å². The van der Waals surface area contributed by atoms with Crippen molar-refractivity contribution in [3.8, 4) is 0 Å². The van der Waals surface area contributed by atoms with Crippen molar-refractivity contribution < 1.29 is 0 Å². The summed E-state index contributed by atoms with van der Waals surface area (Å²) in [4.78, 5) is 8.12. The first-order valence-corrected chi connectivity index (χ1v) is 4.18. The molecule has 0 spiro atoms. The van der Waals surface area contributed by atoms with E-state index in [-0.39, 0.29) is 5.54 Å². The molecule has 0 radical (unpaired) electrons. The molecule has 0 bridgehead atoms. The van der Waals surface area contributed by atoms with Crippen molar-refractivity contribution in [2.45, 2.75) is 32.7 Å². The third-order valence-electron chi connectivity index (χ3n) is 1.91. The number of aromatic nitrogens is 2. The number of hydrogen-bond acceptors (Lipinski definition) is 3. The summed E-state index contributed by atoms with van der Waals surface area (Å²) in [6, 6.07) is 0. The lowest BCUT2D eigenvalue weighted by atomic mass is 10.0. The number of rotatable bonds is 3. The zero-order valence-corrected chi connectivity index (χ0v) is 7.83. The number of nitrogens with zero attached hydrogens (tertiary/aromatic N) is 2. The van der Waals surface area contributed by atoms with Crippen molar-refractivity contribution in [1.82, 2.24) is 9.97 Å². The second-order valence-electron chi connectivity index (χ2n) is 3.45. The van der Waals surface area contributed by atoms with Crippen LogP contribution < -0.4 is 5.32 Å². The van der Waals surface area contributed by atoms with Crippen LogP contribution >= 0.6 is 0 Å². The standard InChI is InChI=1S/C9H15N3/c1-4-9(2,3)12-8-7-10-5-6-11-8/h5-7H,4H2,1-3H3,(H,11,12). The predicted octanol–water partition coefficient (Wildman–Crippen LogP) is 2.08. The quantitative estimate of drug-likeness (QED) is 0.745. The van der Waals surface area contributed by atoms with E-state index in [0.717, 1.165) is 12.2 Å². The minimum absolute atomic E-state index is 0.0933. The van der Waals surface area contributed by atoms with Crippen molar-refractivity contribution in [1.29, 1.82) is 0 Å². The summed E-state index contributed by atoms with van der Waals surface area (Å²) in [5.74, 6) is 0.837. The molecule has 1 heterocycles. The molecule has 0 atom stereocenters. The van der Waals surface area contributed by atoms with Crippen LogP contribution in [0.1, 0.15) is 27.2 Å². The van der Waals surface area contributed by atoms with Gasteiger partial charge < -0.3 is 5.32 Å². The average molecular weight is 165 g/mol. The first-order valence-electron chi connectivity index (χ1n) is 4.18. The van der Waals surface area contributed by atoms with Gasteiger partial charge in [0.05, 0.1) is 6.20 Å². The lowest BCUT2D eigenvalue weighted by molar-refractivity contribution is 0.544. The van der Waals surface area contributed by atoms with E-state index in [4.69, 9.17) is 0 Å². The maximum atomic E-state index is 4.14. The molecule has 0 fully saturated rings. The second-order valence-corrected chi connectivity index (χ2v) is 3.45. The molecule has 1 rings (SSSR count). The van der Waals surface area contributed by atoms with Crippen LogP contribution in [0.3, 0.4) is 0 Å². The molecular formula is C9H15N3. The molecule has 0 aliphatic carbocycles. The van der Waals surface area contributed by atoms with Crippen LogP contribution in [0, 0.1) is 0 Å². The Morgan fingerprint density at radius 3 is 2.67 bits per heavy atom. The molecule has 0 aromatic carbocycles. The Balaban J connectivity index is 2.64. The molecule has 1 aromatic heterocycles. The third kappa shape index (κ3) is 2.49. The fourth-order valence-electron chi connectivity index (χ4n) is 0.799. The molecule has 0 saturated carbocycles. The van der Waals surface area contributed by atoms with Crippen molar-refractivity contribution in [2.75, 3.05) is 5.32 Å². The lowest BCUT2D eigenvalue weighted by Crippen LogP contribution is -2.30. The minimum Gasteiger partial charge on any atom is -0.364 e. The molecular weight excluding hydrogens is 150 g/mol. The highest BCUT2D eigenvalue weighted by Crippen LogP contribution is 2.13. The highest BCUT2D eigenvalue weighted by molar-refractivity contribution is 5.33. The molecule has 1 N–H and O–H groups in total. The average Bonchev–Trinajstić information content (AvgIpc) is 2.06. The molecule has 0 saturated heterocycles. The van der Waals surface area contributed by atoms with Gasteiger partial charge in [-0.15, -0.1) is 0 Å². The van der Waals surface area contributed by atoms with Crippen LogP contribution in [0.4, 0.5) is 5.82 Å². The van der Waals surface area contributed by atoms with Gasteiger partial charge in [0.1, 0.15) is 5.82 Å². The van der Waals surface area contributed by atoms with Gasteiger partial charge in [0, 0.05) is 17.9 Å². The Morgan fingerprint density at radius 1 is 1.42 bits per heavy atom. The maximum Gasteiger partial charge on any atom is 0.144 e. The SMILES string of the molecule is CCC(C)(C)Nc1cnccn1. The fourth-order valence-corrected chi connectivity index (χ4v) is 0.799. The van der Waals surface area contributed by atoms with Crippen LogP contribution in [0.5, 0.6) is 0 Å². The van der Waals surface area contributed by atoms with Crippen molar-refractivity contribution in [3.05, 3.63) is 18.6 Å². The van der Waals surface area contributed by atoms with Gasteiger partial charge in [0.2, 0.25) is 0 Å². The number of anilines is 1. The van der Waals surface area contributed by atoms with Gasteiger partial charge in [0.25, 0.3) is 0 Å². The van der Waals surface area contributed by atoms with E-state index < -0.39 is 0 Å². The van der Waals surface area contributed by atoms with Gasteiger partial charge in [-0.25, -0.2) is 4.98 Å². The van der Waals surface area contributed by atoms with E-state index in [1.165, 1.54) is 0 Å². The first-order chi connectivity index (χ1) is 5.64. The van der Waals surface area contributed by atoms with Gasteiger partial charge in [-0.1, -0.05) is 6.92 Å². The Morgan fingerprint density at radius 2 is 2.17 bits per heavy atom. The zero-order valence-electron chi connectivity index (χ0n) is 7.83. The Bertz CT molecular complexity index is 231. The van der Waals surface area contributed by atoms with Gasteiger partial charge in [-0.05, 0) is 20.3 Å². The van der Waals surface area contributed by atoms with Crippen molar-refractivity contribution in [2.24, 2.45) is 0 Å². The van der Waals surface area contributed by atoms with Crippen LogP contribution in [-0.4, -0.2) is 15.5 Å². The molecule has 1 aromatic rings. The molecule has 3 nitrogen and oxygen atoms in total. The highest BCUT2D eigenvalue weighted by Gasteiger charge is 2.14. The second kappa shape index (κ2) is 3.52. The van der Waals surface area contributed by atoms with Gasteiger partial charge in [0.15, 0.2) is 0 Å². The van der Waals surface area contributed by atoms with Gasteiger partial charge in [-0.3, -0.25) is 4.98 Å². The van der Waals surface area contributed by atoms with E-state index in [1.807, 2.05) is 0 Å². The third-order valence-corrected chi connectivity index (χ3v) is 1.91. The van der Waals surface area contributed by atoms with Gasteiger partial charge in [-0.2, -0.15) is 0 Å². The van der Waals surface area contributed by atoms with Crippen LogP contribution in [0.2, 0.25) is 0 Å². The molecule has 12 heavy (non-hydrogen) atoms. The van der Waals surface area contributed by atoms with E-state index in [2.05, 4.69) is 36.1 Å². The van der Waals surface area contributed by atoms with Crippen molar-refractivity contribution in [3.63, 3.8) is 0 Å². The van der Waals surface area contributed by atoms with Crippen LogP contribution in [0.15, 0.2) is 18.6 Å². The molecule has 0 aliphatic heterocycles. The van der Waals surface area contributed by atoms with Crippen LogP contribution in [-0.2, 0) is 0 Å². The molecule has 3 heteroatoms. The molecule has 0 aliphatic rings. The maximum absolute atomic E-state index is 4.14. The summed E-state index contributed by atoms with van der Waals surface area (Å²) >= 11 is 0. The smallest absolute Gasteiger partial charge is 0.144 e. The summed E-state index contributed by atoms with van der Waals surface area (Å²) in [5.41, 5.74) is 0.0933. The van der Waals surface area contributed by atoms with Crippen molar-refractivity contribution >= 4 is 5.82 Å². The Labute approximate surface area is 73.2 Å². The van der Waals surface area contributed by atoms with Crippen LogP contribution in [0.25, 0.3) is 0 Å². The summed E-state index contributed by atoms with van der Waals surface area (Å²) in [5, 5.41) is 3.29. The number of nitrogens with one attached hydrogen (secondary N) is 1. The summed E-state index contributed by atoms with van der Waals surface area (Å²) in [6.07, 6.45) is 6.15. The predicted molar refractivity (Wildman–Crippen MR) is 50.0 cm³/mol. The molecule has 66 valence electrons. The monoisotopic (exact) mass is 165 g/mol. The highest BCUT2D eigenvalue weighted by atomic mass is 15.1. The zero-order chi connectivity index (χ0) is 9.03. The largest absolute Gasteiger partial charge is 0.364 e. The van der Waals surface area contributed by atoms with E-state index >= 15 is 0 Å². The number of hydrogen-bond donors (Lipinski definition) is 1. The van der Waals surface area contributed by atoms with E-state index in [9.17, 15) is 0 Å². The fraction of sp³-hybridized carbons (Fsp3) is 0.556. The Hall–Kier alpha value is -1.12.